The van der Waals surface area contributed by atoms with Crippen LogP contribution in [0, 0.1) is 5.92 Å². The molecule has 2 heterocycles. The third kappa shape index (κ3) is 4.78. The smallest absolute Gasteiger partial charge is 0.451 e. The minimum Gasteiger partial charge on any atom is -0.480 e. The van der Waals surface area contributed by atoms with Crippen LogP contribution in [0.25, 0.3) is 10.9 Å². The summed E-state index contributed by atoms with van der Waals surface area (Å²) < 4.78 is 0. The molecule has 0 saturated carbocycles. The van der Waals surface area contributed by atoms with Gasteiger partial charge in [-0.1, -0.05) is 24.6 Å². The number of benzene rings is 1. The van der Waals surface area contributed by atoms with E-state index in [0.717, 1.165) is 16.5 Å². The number of aromatic nitrogens is 1. The number of amides is 1. The van der Waals surface area contributed by atoms with Gasteiger partial charge < -0.3 is 36.5 Å². The summed E-state index contributed by atoms with van der Waals surface area (Å²) in [5.41, 5.74) is 12.5. The summed E-state index contributed by atoms with van der Waals surface area (Å²) in [7, 11) is -1.48. The molecule has 0 bridgehead atoms. The fourth-order valence-corrected chi connectivity index (χ4v) is 4.12. The number of carboxylic acid groups (broad SMARTS) is 1. The molecule has 9 nitrogen and oxygen atoms in total. The molecule has 156 valence electrons. The summed E-state index contributed by atoms with van der Waals surface area (Å²) >= 11 is 0. The monoisotopic (exact) mass is 402 g/mol. The minimum atomic E-state index is -1.58. The van der Waals surface area contributed by atoms with E-state index in [1.807, 2.05) is 30.5 Å². The Morgan fingerprint density at radius 1 is 1.34 bits per heavy atom. The summed E-state index contributed by atoms with van der Waals surface area (Å²) in [6.07, 6.45) is 2.74. The van der Waals surface area contributed by atoms with E-state index in [2.05, 4.69) is 4.98 Å². The highest BCUT2D eigenvalue weighted by Crippen LogP contribution is 2.28. The summed E-state index contributed by atoms with van der Waals surface area (Å²) in [6, 6.07) is 6.87. The van der Waals surface area contributed by atoms with Crippen molar-refractivity contribution in [2.75, 3.05) is 13.1 Å². The molecular weight excluding hydrogens is 375 g/mol. The van der Waals surface area contributed by atoms with Crippen LogP contribution in [-0.2, 0) is 16.0 Å². The topological polar surface area (TPSA) is 166 Å². The summed E-state index contributed by atoms with van der Waals surface area (Å²) in [5.74, 6) is -1.80. The molecule has 3 atom stereocenters. The van der Waals surface area contributed by atoms with Gasteiger partial charge >= 0.3 is 13.1 Å². The number of H-pyrrole nitrogens is 1. The highest BCUT2D eigenvalue weighted by molar-refractivity contribution is 6.40. The van der Waals surface area contributed by atoms with Crippen LogP contribution >= 0.6 is 0 Å². The molecule has 0 radical (unpaired) electrons. The van der Waals surface area contributed by atoms with Crippen molar-refractivity contribution in [3.05, 3.63) is 36.0 Å². The molecule has 1 amide bonds. The average Bonchev–Trinajstić information content (AvgIpc) is 3.08. The first-order valence-electron chi connectivity index (χ1n) is 9.67. The lowest BCUT2D eigenvalue weighted by Gasteiger charge is -2.42. The molecule has 29 heavy (non-hydrogen) atoms. The van der Waals surface area contributed by atoms with Crippen LogP contribution in [0.3, 0.4) is 0 Å². The first-order valence-corrected chi connectivity index (χ1v) is 9.67. The zero-order valence-electron chi connectivity index (χ0n) is 16.1. The number of nitrogens with zero attached hydrogens (tertiary/aromatic N) is 1. The Labute approximate surface area is 168 Å². The molecule has 1 unspecified atom stereocenters. The number of aromatic amines is 1. The molecule has 1 aliphatic heterocycles. The number of carbonyl (C=O) groups excluding carboxylic acids is 1. The summed E-state index contributed by atoms with van der Waals surface area (Å²) in [6.45, 7) is 0.167. The van der Waals surface area contributed by atoms with Crippen LogP contribution in [0.2, 0.25) is 6.32 Å². The molecule has 0 spiro atoms. The number of rotatable bonds is 7. The predicted octanol–water partition coefficient (Wildman–Crippen LogP) is -0.469. The number of aliphatic carboxylic acids is 1. The van der Waals surface area contributed by atoms with Gasteiger partial charge in [-0.25, -0.2) is 0 Å². The highest BCUT2D eigenvalue weighted by Gasteiger charge is 2.44. The molecule has 1 aromatic heterocycles. The van der Waals surface area contributed by atoms with E-state index >= 15 is 0 Å². The second-order valence-corrected chi connectivity index (χ2v) is 7.98. The number of nitrogens with two attached hydrogens (primary N) is 2. The van der Waals surface area contributed by atoms with Gasteiger partial charge in [0.05, 0.1) is 6.04 Å². The lowest BCUT2D eigenvalue weighted by Crippen LogP contribution is -2.64. The zero-order chi connectivity index (χ0) is 21.2. The summed E-state index contributed by atoms with van der Waals surface area (Å²) in [4.78, 5) is 29.3. The van der Waals surface area contributed by atoms with Gasteiger partial charge in [-0.2, -0.15) is 0 Å². The van der Waals surface area contributed by atoms with Crippen LogP contribution in [0.4, 0.5) is 0 Å². The highest BCUT2D eigenvalue weighted by atomic mass is 16.4. The number of para-hydroxylation sites is 1. The van der Waals surface area contributed by atoms with E-state index in [1.165, 1.54) is 4.90 Å². The third-order valence-electron chi connectivity index (χ3n) is 5.61. The fourth-order valence-electron chi connectivity index (χ4n) is 4.12. The van der Waals surface area contributed by atoms with Crippen molar-refractivity contribution in [1.29, 1.82) is 0 Å². The second kappa shape index (κ2) is 8.54. The number of piperidine rings is 1. The predicted molar refractivity (Wildman–Crippen MR) is 109 cm³/mol. The number of nitrogens with one attached hydrogen (secondary N) is 1. The Morgan fingerprint density at radius 3 is 2.76 bits per heavy atom. The van der Waals surface area contributed by atoms with Gasteiger partial charge in [0.2, 0.25) is 5.91 Å². The van der Waals surface area contributed by atoms with Gasteiger partial charge in [-0.15, -0.1) is 0 Å². The van der Waals surface area contributed by atoms with Crippen molar-refractivity contribution < 1.29 is 24.7 Å². The van der Waals surface area contributed by atoms with E-state index < -0.39 is 24.7 Å². The van der Waals surface area contributed by atoms with E-state index in [9.17, 15) is 14.7 Å². The lowest BCUT2D eigenvalue weighted by molar-refractivity contribution is -0.149. The van der Waals surface area contributed by atoms with Crippen molar-refractivity contribution in [3.63, 3.8) is 0 Å². The molecule has 1 saturated heterocycles. The van der Waals surface area contributed by atoms with Crippen LogP contribution in [0.1, 0.15) is 18.4 Å². The van der Waals surface area contributed by atoms with E-state index in [0.29, 0.717) is 19.4 Å². The van der Waals surface area contributed by atoms with Gasteiger partial charge in [0.1, 0.15) is 5.54 Å². The Hall–Kier alpha value is -2.40. The number of carboxylic acids is 1. The molecule has 3 rings (SSSR count). The number of hydrogen-bond donors (Lipinski definition) is 6. The largest absolute Gasteiger partial charge is 0.480 e. The van der Waals surface area contributed by atoms with Crippen molar-refractivity contribution in [2.45, 2.75) is 37.2 Å². The number of carbonyl (C=O) groups is 2. The van der Waals surface area contributed by atoms with Gasteiger partial charge in [-0.05, 0) is 36.7 Å². The van der Waals surface area contributed by atoms with Gasteiger partial charge in [-0.3, -0.25) is 9.59 Å². The number of hydrogen-bond acceptors (Lipinski definition) is 6. The van der Waals surface area contributed by atoms with Gasteiger partial charge in [0.25, 0.3) is 0 Å². The number of likely N-dealkylation sites (tertiary alicyclic amines) is 1. The Morgan fingerprint density at radius 2 is 2.07 bits per heavy atom. The number of fused-ring (bicyclic) bond motifs is 1. The Bertz CT molecular complexity index is 888. The third-order valence-corrected chi connectivity index (χ3v) is 5.61. The van der Waals surface area contributed by atoms with Gasteiger partial charge in [0.15, 0.2) is 0 Å². The first kappa shape index (κ1) is 21.3. The Balaban J connectivity index is 1.73. The minimum absolute atomic E-state index is 0.0871. The van der Waals surface area contributed by atoms with Crippen molar-refractivity contribution >= 4 is 29.9 Å². The molecule has 8 N–H and O–H groups in total. The molecule has 2 aromatic rings. The molecular formula is C19H27BN4O5. The van der Waals surface area contributed by atoms with Crippen LogP contribution in [0.15, 0.2) is 30.5 Å². The average molecular weight is 402 g/mol. The molecule has 1 fully saturated rings. The zero-order valence-corrected chi connectivity index (χ0v) is 16.1. The Kier molecular flexibility index (Phi) is 6.28. The van der Waals surface area contributed by atoms with Crippen molar-refractivity contribution in [3.8, 4) is 0 Å². The van der Waals surface area contributed by atoms with Crippen molar-refractivity contribution in [2.24, 2.45) is 17.4 Å². The molecule has 1 aromatic carbocycles. The maximum absolute atomic E-state index is 13.0. The second-order valence-electron chi connectivity index (χ2n) is 7.98. The first-order chi connectivity index (χ1) is 13.7. The lowest BCUT2D eigenvalue weighted by atomic mass is 9.75. The molecule has 0 aliphatic carbocycles. The molecule has 10 heteroatoms. The van der Waals surface area contributed by atoms with Crippen LogP contribution < -0.4 is 11.5 Å². The fraction of sp³-hybridized carbons (Fsp3) is 0.474. The standard InChI is InChI=1S/C19H27BN4O5/c21-15(7-13-9-23-16-4-2-1-3-14(13)16)17(25)24-10-12(5-6-20(28)29)8-19(22,11-24)18(26)27/h1-4,9,12,15,23,28-29H,5-8,10-11,21-22H2,(H,26,27)/t12-,15?,19+/m0/s1. The quantitative estimate of drug-likeness (QED) is 0.341. The van der Waals surface area contributed by atoms with Crippen molar-refractivity contribution in [1.82, 2.24) is 9.88 Å². The molecule has 1 aliphatic rings. The van der Waals surface area contributed by atoms with E-state index in [-0.39, 0.29) is 31.1 Å². The van der Waals surface area contributed by atoms with E-state index in [1.54, 1.807) is 0 Å². The maximum atomic E-state index is 13.0. The normalized spacial score (nSPS) is 23.2. The van der Waals surface area contributed by atoms with Crippen LogP contribution in [-0.4, -0.2) is 68.7 Å². The SMILES string of the molecule is NC(Cc1c[nH]c2ccccc12)C(=O)N1C[C@@H](CCB(O)O)C[C@](N)(C(=O)O)C1. The van der Waals surface area contributed by atoms with Crippen LogP contribution in [0.5, 0.6) is 0 Å². The summed E-state index contributed by atoms with van der Waals surface area (Å²) in [5, 5.41) is 28.8. The van der Waals surface area contributed by atoms with Gasteiger partial charge in [0, 0.05) is 30.2 Å². The maximum Gasteiger partial charge on any atom is 0.451 e. The van der Waals surface area contributed by atoms with E-state index in [4.69, 9.17) is 21.5 Å².